The SMILES string of the molecule is CN(C)[C@@H](COC(c1ccccc1)(c1ccccc1)c1ccccc1)[C@H](NC(=S)Nc1cc(C(F)(F)F)cc(C(F)(F)F)c1)c1ccc([N+](=O)[O-])cc1. The third-order valence-corrected chi connectivity index (χ3v) is 8.87. The van der Waals surface area contributed by atoms with Crippen molar-refractivity contribution in [3.8, 4) is 0 Å². The second kappa shape index (κ2) is 16.1. The largest absolute Gasteiger partial charge is 0.416 e. The topological polar surface area (TPSA) is 79.7 Å². The third-order valence-electron chi connectivity index (χ3n) is 8.65. The fourth-order valence-corrected chi connectivity index (χ4v) is 6.31. The fourth-order valence-electron chi connectivity index (χ4n) is 6.06. The number of anilines is 1. The molecule has 53 heavy (non-hydrogen) atoms. The first-order valence-electron chi connectivity index (χ1n) is 16.2. The number of nitrogens with one attached hydrogen (secondary N) is 2. The molecule has 5 aromatic rings. The van der Waals surface area contributed by atoms with Crippen LogP contribution in [0.3, 0.4) is 0 Å². The van der Waals surface area contributed by atoms with Crippen LogP contribution in [0.25, 0.3) is 0 Å². The van der Waals surface area contributed by atoms with Gasteiger partial charge in [0.2, 0.25) is 0 Å². The van der Waals surface area contributed by atoms with Gasteiger partial charge in [0, 0.05) is 17.8 Å². The van der Waals surface area contributed by atoms with Crippen LogP contribution in [-0.2, 0) is 22.7 Å². The van der Waals surface area contributed by atoms with Gasteiger partial charge in [0.1, 0.15) is 5.60 Å². The van der Waals surface area contributed by atoms with E-state index in [1.165, 1.54) is 24.3 Å². The van der Waals surface area contributed by atoms with Crippen LogP contribution >= 0.6 is 12.2 Å². The smallest absolute Gasteiger partial charge is 0.359 e. The molecule has 276 valence electrons. The molecule has 5 rings (SSSR count). The van der Waals surface area contributed by atoms with Crippen molar-refractivity contribution in [3.63, 3.8) is 0 Å². The Morgan fingerprint density at radius 1 is 0.717 bits per heavy atom. The van der Waals surface area contributed by atoms with Gasteiger partial charge in [-0.15, -0.1) is 0 Å². The number of benzene rings is 5. The van der Waals surface area contributed by atoms with Crippen LogP contribution in [0.4, 0.5) is 37.7 Å². The van der Waals surface area contributed by atoms with Gasteiger partial charge in [-0.1, -0.05) is 103 Å². The van der Waals surface area contributed by atoms with Gasteiger partial charge in [-0.3, -0.25) is 10.1 Å². The predicted octanol–water partition coefficient (Wildman–Crippen LogP) is 9.60. The number of hydrogen-bond donors (Lipinski definition) is 2. The molecule has 2 atom stereocenters. The molecular weight excluding hydrogens is 719 g/mol. The quantitative estimate of drug-likeness (QED) is 0.0432. The van der Waals surface area contributed by atoms with Gasteiger partial charge in [-0.2, -0.15) is 26.3 Å². The zero-order chi connectivity index (χ0) is 38.4. The van der Waals surface area contributed by atoms with Gasteiger partial charge >= 0.3 is 12.4 Å². The summed E-state index contributed by atoms with van der Waals surface area (Å²) in [6.45, 7) is -0.0231. The summed E-state index contributed by atoms with van der Waals surface area (Å²) in [5, 5.41) is 16.7. The molecule has 0 aliphatic rings. The Bertz CT molecular complexity index is 1870. The van der Waals surface area contributed by atoms with Crippen LogP contribution in [0.1, 0.15) is 39.4 Å². The summed E-state index contributed by atoms with van der Waals surface area (Å²) in [5.41, 5.74) is -1.97. The van der Waals surface area contributed by atoms with E-state index in [-0.39, 0.29) is 23.5 Å². The number of non-ortho nitro benzene ring substituents is 1. The highest BCUT2D eigenvalue weighted by atomic mass is 32.1. The van der Waals surface area contributed by atoms with E-state index in [0.717, 1.165) is 16.7 Å². The summed E-state index contributed by atoms with van der Waals surface area (Å²) in [5.74, 6) is 0. The van der Waals surface area contributed by atoms with Gasteiger partial charge < -0.3 is 20.3 Å². The first-order valence-corrected chi connectivity index (χ1v) is 16.6. The minimum absolute atomic E-state index is 0.0231. The number of rotatable bonds is 12. The molecule has 5 aromatic carbocycles. The molecule has 7 nitrogen and oxygen atoms in total. The van der Waals surface area contributed by atoms with Crippen molar-refractivity contribution in [1.82, 2.24) is 10.2 Å². The van der Waals surface area contributed by atoms with Crippen molar-refractivity contribution in [2.24, 2.45) is 0 Å². The highest BCUT2D eigenvalue weighted by Crippen LogP contribution is 2.42. The summed E-state index contributed by atoms with van der Waals surface area (Å²) in [4.78, 5) is 12.7. The lowest BCUT2D eigenvalue weighted by Gasteiger charge is -2.40. The molecule has 0 fully saturated rings. The fraction of sp³-hybridized carbons (Fsp3) is 0.205. The average molecular weight is 753 g/mol. The summed E-state index contributed by atoms with van der Waals surface area (Å²) in [7, 11) is 3.53. The minimum atomic E-state index is -5.07. The molecular formula is C39H34F6N4O3S. The normalized spacial score (nSPS) is 13.3. The molecule has 0 bridgehead atoms. The lowest BCUT2D eigenvalue weighted by Crippen LogP contribution is -2.48. The van der Waals surface area contributed by atoms with E-state index >= 15 is 0 Å². The number of hydrogen-bond acceptors (Lipinski definition) is 5. The predicted molar refractivity (Wildman–Crippen MR) is 194 cm³/mol. The number of nitro groups is 1. The summed E-state index contributed by atoms with van der Waals surface area (Å²) >= 11 is 5.49. The number of ether oxygens (including phenoxy) is 1. The van der Waals surface area contributed by atoms with Crippen LogP contribution < -0.4 is 10.6 Å². The standard InChI is InChI=1S/C39H34F6N4O3S/c1-48(2)34(25-52-37(27-12-6-3-7-13-27,28-14-8-4-9-15-28)29-16-10-5-11-17-29)35(26-18-20-33(21-19-26)49(50)51)47-36(53)46-32-23-30(38(40,41)42)22-31(24-32)39(43,44)45/h3-24,34-35H,25H2,1-2H3,(H2,46,47,53)/t34-,35+/m0/s1. The van der Waals surface area contributed by atoms with Crippen LogP contribution in [0.2, 0.25) is 0 Å². The highest BCUT2D eigenvalue weighted by molar-refractivity contribution is 7.80. The molecule has 0 aliphatic carbocycles. The number of nitro benzene ring substituents is 1. The van der Waals surface area contributed by atoms with Crippen molar-refractivity contribution < 1.29 is 36.0 Å². The number of nitrogens with zero attached hydrogens (tertiary/aromatic N) is 2. The Kier molecular flexibility index (Phi) is 11.9. The number of halogens is 6. The van der Waals surface area contributed by atoms with Crippen LogP contribution in [0.5, 0.6) is 0 Å². The Hall–Kier alpha value is -5.31. The van der Waals surface area contributed by atoms with E-state index in [1.807, 2.05) is 95.9 Å². The molecule has 0 spiro atoms. The molecule has 0 heterocycles. The van der Waals surface area contributed by atoms with Gasteiger partial charge in [-0.25, -0.2) is 0 Å². The maximum Gasteiger partial charge on any atom is 0.416 e. The Labute approximate surface area is 307 Å². The zero-order valence-corrected chi connectivity index (χ0v) is 29.2. The van der Waals surface area contributed by atoms with E-state index in [2.05, 4.69) is 10.6 Å². The second-order valence-corrected chi connectivity index (χ2v) is 12.7. The summed E-state index contributed by atoms with van der Waals surface area (Å²) < 4.78 is 88.8. The van der Waals surface area contributed by atoms with Crippen molar-refractivity contribution in [1.29, 1.82) is 0 Å². The van der Waals surface area contributed by atoms with E-state index in [0.29, 0.717) is 17.7 Å². The van der Waals surface area contributed by atoms with E-state index in [9.17, 15) is 36.5 Å². The Morgan fingerprint density at radius 2 is 1.15 bits per heavy atom. The molecule has 0 radical (unpaired) electrons. The van der Waals surface area contributed by atoms with Crippen molar-refractivity contribution in [3.05, 3.63) is 177 Å². The van der Waals surface area contributed by atoms with Crippen LogP contribution in [0.15, 0.2) is 133 Å². The molecule has 14 heteroatoms. The van der Waals surface area contributed by atoms with Crippen molar-refractivity contribution in [2.75, 3.05) is 26.0 Å². The molecule has 0 saturated carbocycles. The van der Waals surface area contributed by atoms with E-state index in [1.54, 1.807) is 14.1 Å². The summed E-state index contributed by atoms with van der Waals surface area (Å²) in [6.07, 6.45) is -10.1. The molecule has 0 saturated heterocycles. The molecule has 2 N–H and O–H groups in total. The average Bonchev–Trinajstić information content (AvgIpc) is 3.13. The lowest BCUT2D eigenvalue weighted by molar-refractivity contribution is -0.384. The second-order valence-electron chi connectivity index (χ2n) is 12.3. The van der Waals surface area contributed by atoms with Crippen LogP contribution in [0, 0.1) is 10.1 Å². The molecule has 0 aromatic heterocycles. The molecule has 0 amide bonds. The van der Waals surface area contributed by atoms with E-state index in [4.69, 9.17) is 17.0 Å². The Balaban J connectivity index is 1.57. The number of alkyl halides is 6. The van der Waals surface area contributed by atoms with Gasteiger partial charge in [0.15, 0.2) is 5.11 Å². The molecule has 0 unspecified atom stereocenters. The van der Waals surface area contributed by atoms with Gasteiger partial charge in [0.05, 0.1) is 34.7 Å². The minimum Gasteiger partial charge on any atom is -0.359 e. The van der Waals surface area contributed by atoms with Gasteiger partial charge in [-0.05, 0) is 66.8 Å². The number of thiocarbonyl (C=S) groups is 1. The lowest BCUT2D eigenvalue weighted by atomic mass is 9.80. The maximum atomic E-state index is 13.6. The van der Waals surface area contributed by atoms with E-state index < -0.39 is 51.8 Å². The van der Waals surface area contributed by atoms with Crippen molar-refractivity contribution >= 4 is 28.7 Å². The van der Waals surface area contributed by atoms with Crippen LogP contribution in [-0.4, -0.2) is 41.7 Å². The van der Waals surface area contributed by atoms with Crippen molar-refractivity contribution in [2.45, 2.75) is 30.0 Å². The first-order chi connectivity index (χ1) is 25.1. The number of likely N-dealkylation sites (N-methyl/N-ethyl adjacent to an activating group) is 1. The highest BCUT2D eigenvalue weighted by Gasteiger charge is 2.40. The third kappa shape index (κ3) is 9.20. The Morgan fingerprint density at radius 3 is 1.53 bits per heavy atom. The van der Waals surface area contributed by atoms with Gasteiger partial charge in [0.25, 0.3) is 5.69 Å². The first kappa shape index (κ1) is 38.9. The monoisotopic (exact) mass is 752 g/mol. The maximum absolute atomic E-state index is 13.6. The summed E-state index contributed by atoms with van der Waals surface area (Å²) in [6, 6.07) is 33.9. The molecule has 0 aliphatic heterocycles. The zero-order valence-electron chi connectivity index (χ0n) is 28.4.